The first-order valence-electron chi connectivity index (χ1n) is 8.37. The van der Waals surface area contributed by atoms with Crippen molar-refractivity contribution in [3.05, 3.63) is 40.7 Å². The number of aromatic nitrogens is 1. The molecule has 3 atom stereocenters. The topological polar surface area (TPSA) is 67.6 Å². The Labute approximate surface area is 144 Å². The molecule has 1 amide bonds. The average Bonchev–Trinajstić information content (AvgIpc) is 3.34. The molecule has 3 unspecified atom stereocenters. The van der Waals surface area contributed by atoms with Crippen molar-refractivity contribution in [3.8, 4) is 0 Å². The molecule has 0 radical (unpaired) electrons. The van der Waals surface area contributed by atoms with Crippen LogP contribution in [0, 0.1) is 5.92 Å². The normalized spacial score (nSPS) is 27.1. The van der Waals surface area contributed by atoms with E-state index in [9.17, 15) is 4.79 Å². The van der Waals surface area contributed by atoms with Crippen molar-refractivity contribution in [2.45, 2.75) is 31.5 Å². The summed E-state index contributed by atoms with van der Waals surface area (Å²) in [6, 6.07) is 3.83. The third kappa shape index (κ3) is 3.24. The molecule has 7 heteroatoms. The summed E-state index contributed by atoms with van der Waals surface area (Å²) in [5, 5.41) is 6.16. The molecule has 6 nitrogen and oxygen atoms in total. The molecule has 1 N–H and O–H groups in total. The van der Waals surface area contributed by atoms with E-state index in [0.29, 0.717) is 24.3 Å². The first-order chi connectivity index (χ1) is 11.8. The number of ether oxygens (including phenoxy) is 1. The average molecular weight is 347 g/mol. The molecular formula is C17H21N3O3S. The standard InChI is InChI=1S/C17H21N3O3S/c21-17(14-2-1-7-22-14)19-10-12-3-4-13-16(12)23-8-6-20(13)11-15-18-5-9-24-15/h1-2,5,7,9,12-13,16H,3-4,6,8,10-11H2,(H,19,21). The first kappa shape index (κ1) is 15.8. The summed E-state index contributed by atoms with van der Waals surface area (Å²) in [6.45, 7) is 3.22. The zero-order valence-electron chi connectivity index (χ0n) is 13.4. The van der Waals surface area contributed by atoms with Gasteiger partial charge in [-0.2, -0.15) is 0 Å². The molecule has 3 heterocycles. The Morgan fingerprint density at radius 1 is 1.46 bits per heavy atom. The molecule has 4 rings (SSSR count). The summed E-state index contributed by atoms with van der Waals surface area (Å²) in [4.78, 5) is 18.9. The van der Waals surface area contributed by atoms with Gasteiger partial charge >= 0.3 is 0 Å². The Bertz CT molecular complexity index is 659. The molecule has 0 spiro atoms. The quantitative estimate of drug-likeness (QED) is 0.898. The molecule has 1 aliphatic carbocycles. The Hall–Kier alpha value is -1.70. The van der Waals surface area contributed by atoms with Crippen molar-refractivity contribution in [2.24, 2.45) is 5.92 Å². The van der Waals surface area contributed by atoms with Crippen molar-refractivity contribution in [2.75, 3.05) is 19.7 Å². The number of hydrogen-bond donors (Lipinski definition) is 1. The summed E-state index contributed by atoms with van der Waals surface area (Å²) < 4.78 is 11.2. The van der Waals surface area contributed by atoms with Crippen LogP contribution in [-0.2, 0) is 11.3 Å². The molecule has 2 fully saturated rings. The first-order valence-corrected chi connectivity index (χ1v) is 9.25. The maximum absolute atomic E-state index is 12.0. The Morgan fingerprint density at radius 3 is 3.21 bits per heavy atom. The van der Waals surface area contributed by atoms with Gasteiger partial charge in [0.1, 0.15) is 5.01 Å². The minimum atomic E-state index is -0.154. The van der Waals surface area contributed by atoms with E-state index in [-0.39, 0.29) is 12.0 Å². The van der Waals surface area contributed by atoms with E-state index in [4.69, 9.17) is 9.15 Å². The highest BCUT2D eigenvalue weighted by molar-refractivity contribution is 7.09. The molecule has 2 aromatic heterocycles. The predicted octanol–water partition coefficient (Wildman–Crippen LogP) is 2.15. The zero-order valence-corrected chi connectivity index (χ0v) is 14.2. The highest BCUT2D eigenvalue weighted by Crippen LogP contribution is 2.35. The molecule has 1 saturated carbocycles. The fourth-order valence-electron chi connectivity index (χ4n) is 3.77. The van der Waals surface area contributed by atoms with Crippen LogP contribution in [0.25, 0.3) is 0 Å². The number of nitrogens with zero attached hydrogens (tertiary/aromatic N) is 2. The van der Waals surface area contributed by atoms with Crippen LogP contribution in [0.1, 0.15) is 28.4 Å². The van der Waals surface area contributed by atoms with E-state index in [1.165, 1.54) is 6.26 Å². The monoisotopic (exact) mass is 347 g/mol. The van der Waals surface area contributed by atoms with E-state index < -0.39 is 0 Å². The largest absolute Gasteiger partial charge is 0.459 e. The van der Waals surface area contributed by atoms with E-state index >= 15 is 0 Å². The van der Waals surface area contributed by atoms with Gasteiger partial charge in [-0.05, 0) is 25.0 Å². The van der Waals surface area contributed by atoms with E-state index in [0.717, 1.165) is 37.5 Å². The molecule has 24 heavy (non-hydrogen) atoms. The van der Waals surface area contributed by atoms with Crippen molar-refractivity contribution in [1.82, 2.24) is 15.2 Å². The number of hydrogen-bond acceptors (Lipinski definition) is 6. The second-order valence-electron chi connectivity index (χ2n) is 6.32. The minimum absolute atomic E-state index is 0.154. The van der Waals surface area contributed by atoms with Crippen molar-refractivity contribution in [3.63, 3.8) is 0 Å². The summed E-state index contributed by atoms with van der Waals surface area (Å²) in [6.07, 6.45) is 5.75. The van der Waals surface area contributed by atoms with Gasteiger partial charge in [-0.25, -0.2) is 4.98 Å². The van der Waals surface area contributed by atoms with Gasteiger partial charge in [0.2, 0.25) is 0 Å². The maximum atomic E-state index is 12.0. The van der Waals surface area contributed by atoms with Crippen LogP contribution in [0.15, 0.2) is 34.4 Å². The van der Waals surface area contributed by atoms with Crippen LogP contribution < -0.4 is 5.32 Å². The summed E-state index contributed by atoms with van der Waals surface area (Å²) in [5.41, 5.74) is 0. The number of carbonyl (C=O) groups is 1. The Balaban J connectivity index is 1.35. The van der Waals surface area contributed by atoms with Gasteiger partial charge < -0.3 is 14.5 Å². The zero-order chi connectivity index (χ0) is 16.4. The fraction of sp³-hybridized carbons (Fsp3) is 0.529. The van der Waals surface area contributed by atoms with Crippen molar-refractivity contribution in [1.29, 1.82) is 0 Å². The maximum Gasteiger partial charge on any atom is 0.286 e. The molecule has 0 aromatic carbocycles. The Morgan fingerprint density at radius 2 is 2.42 bits per heavy atom. The number of furan rings is 1. The summed E-state index contributed by atoms with van der Waals surface area (Å²) >= 11 is 1.70. The second kappa shape index (κ2) is 7.04. The summed E-state index contributed by atoms with van der Waals surface area (Å²) in [7, 11) is 0. The van der Waals surface area contributed by atoms with Gasteiger partial charge in [-0.1, -0.05) is 0 Å². The van der Waals surface area contributed by atoms with Gasteiger partial charge in [0.05, 0.1) is 25.5 Å². The molecule has 2 aliphatic rings. The highest BCUT2D eigenvalue weighted by atomic mass is 32.1. The summed E-state index contributed by atoms with van der Waals surface area (Å²) in [5.74, 6) is 0.561. The predicted molar refractivity (Wildman–Crippen MR) is 89.8 cm³/mol. The van der Waals surface area contributed by atoms with E-state index in [1.807, 2.05) is 11.6 Å². The van der Waals surface area contributed by atoms with Gasteiger partial charge in [0.25, 0.3) is 5.91 Å². The van der Waals surface area contributed by atoms with Crippen LogP contribution in [0.4, 0.5) is 0 Å². The highest BCUT2D eigenvalue weighted by Gasteiger charge is 2.42. The number of morpholine rings is 1. The lowest BCUT2D eigenvalue weighted by atomic mass is 10.0. The van der Waals surface area contributed by atoms with Gasteiger partial charge in [0, 0.05) is 36.6 Å². The number of carbonyl (C=O) groups excluding carboxylic acids is 1. The van der Waals surface area contributed by atoms with Crippen LogP contribution in [0.2, 0.25) is 0 Å². The van der Waals surface area contributed by atoms with E-state index in [2.05, 4.69) is 15.2 Å². The van der Waals surface area contributed by atoms with Gasteiger partial charge in [0.15, 0.2) is 5.76 Å². The molecular weight excluding hydrogens is 326 g/mol. The number of amides is 1. The fourth-order valence-corrected chi connectivity index (χ4v) is 4.42. The number of nitrogens with one attached hydrogen (secondary N) is 1. The molecule has 0 bridgehead atoms. The molecule has 128 valence electrons. The van der Waals surface area contributed by atoms with Crippen LogP contribution in [-0.4, -0.2) is 47.6 Å². The van der Waals surface area contributed by atoms with Gasteiger partial charge in [-0.15, -0.1) is 11.3 Å². The lowest BCUT2D eigenvalue weighted by Gasteiger charge is -2.38. The van der Waals surface area contributed by atoms with Crippen molar-refractivity contribution >= 4 is 17.2 Å². The lowest BCUT2D eigenvalue weighted by Crippen LogP contribution is -2.50. The van der Waals surface area contributed by atoms with E-state index in [1.54, 1.807) is 23.5 Å². The molecule has 1 saturated heterocycles. The molecule has 1 aliphatic heterocycles. The number of rotatable bonds is 5. The SMILES string of the molecule is O=C(NCC1CCC2C1OCCN2Cc1nccs1)c1ccco1. The second-order valence-corrected chi connectivity index (χ2v) is 7.30. The lowest BCUT2D eigenvalue weighted by molar-refractivity contribution is -0.0757. The Kier molecular flexibility index (Phi) is 4.64. The number of thiazole rings is 1. The van der Waals surface area contributed by atoms with Crippen LogP contribution in [0.3, 0.4) is 0 Å². The number of fused-ring (bicyclic) bond motifs is 1. The molecule has 2 aromatic rings. The van der Waals surface area contributed by atoms with Crippen LogP contribution in [0.5, 0.6) is 0 Å². The van der Waals surface area contributed by atoms with Crippen LogP contribution >= 0.6 is 11.3 Å². The van der Waals surface area contributed by atoms with Crippen molar-refractivity contribution < 1.29 is 13.9 Å². The third-order valence-corrected chi connectivity index (χ3v) is 5.69. The third-order valence-electron chi connectivity index (χ3n) is 4.93. The smallest absolute Gasteiger partial charge is 0.286 e. The minimum Gasteiger partial charge on any atom is -0.459 e. The van der Waals surface area contributed by atoms with Gasteiger partial charge in [-0.3, -0.25) is 9.69 Å².